The predicted octanol–water partition coefficient (Wildman–Crippen LogP) is 9.90. The Hall–Kier alpha value is -3.00. The molecule has 0 saturated carbocycles. The third kappa shape index (κ3) is 5.50. The number of anilines is 3. The molecular formula is C31H37NO. The minimum absolute atomic E-state index is 0.915. The van der Waals surface area contributed by atoms with E-state index in [1.807, 2.05) is 0 Å². The van der Waals surface area contributed by atoms with Crippen LogP contribution in [0.1, 0.15) is 76.0 Å². The van der Waals surface area contributed by atoms with Crippen molar-refractivity contribution < 1.29 is 4.74 Å². The number of aryl methyl sites for hydroxylation is 2. The average molecular weight is 440 g/mol. The molecule has 0 aliphatic carbocycles. The van der Waals surface area contributed by atoms with Gasteiger partial charge in [0, 0.05) is 5.69 Å². The number of fused-ring (bicyclic) bond motifs is 2. The Morgan fingerprint density at radius 1 is 0.818 bits per heavy atom. The van der Waals surface area contributed by atoms with Gasteiger partial charge >= 0.3 is 0 Å². The lowest BCUT2D eigenvalue weighted by atomic mass is 10.0. The Balaban J connectivity index is 1.69. The first-order valence-electron chi connectivity index (χ1n) is 12.6. The molecule has 1 aliphatic heterocycles. The van der Waals surface area contributed by atoms with Crippen LogP contribution in [0.4, 0.5) is 17.1 Å². The van der Waals surface area contributed by atoms with Gasteiger partial charge in [0.2, 0.25) is 0 Å². The maximum absolute atomic E-state index is 6.44. The molecule has 2 heteroatoms. The van der Waals surface area contributed by atoms with E-state index in [1.165, 1.54) is 60.1 Å². The second kappa shape index (κ2) is 10.7. The molecule has 1 aliphatic rings. The number of hydrogen-bond acceptors (Lipinski definition) is 2. The Morgan fingerprint density at radius 3 is 2.24 bits per heavy atom. The van der Waals surface area contributed by atoms with Crippen molar-refractivity contribution in [1.82, 2.24) is 0 Å². The van der Waals surface area contributed by atoms with Gasteiger partial charge in [-0.15, -0.1) is 0 Å². The van der Waals surface area contributed by atoms with Gasteiger partial charge in [0.1, 0.15) is 0 Å². The van der Waals surface area contributed by atoms with E-state index in [1.54, 1.807) is 0 Å². The van der Waals surface area contributed by atoms with E-state index in [2.05, 4.69) is 99.3 Å². The zero-order chi connectivity index (χ0) is 23.2. The molecule has 1 heterocycles. The highest BCUT2D eigenvalue weighted by Gasteiger charge is 2.26. The van der Waals surface area contributed by atoms with E-state index in [0.717, 1.165) is 35.7 Å². The number of rotatable bonds is 9. The molecule has 0 saturated heterocycles. The van der Waals surface area contributed by atoms with Crippen LogP contribution in [0, 0.1) is 6.92 Å². The maximum atomic E-state index is 6.44. The third-order valence-electron chi connectivity index (χ3n) is 6.40. The van der Waals surface area contributed by atoms with Gasteiger partial charge in [0.15, 0.2) is 11.5 Å². The van der Waals surface area contributed by atoms with Crippen LogP contribution < -0.4 is 9.64 Å². The molecule has 0 bridgehead atoms. The summed E-state index contributed by atoms with van der Waals surface area (Å²) < 4.78 is 6.44. The summed E-state index contributed by atoms with van der Waals surface area (Å²) in [7, 11) is 0. The number of hydrogen-bond donors (Lipinski definition) is 0. The molecule has 0 N–H and O–H groups in total. The number of unbranched alkanes of at least 4 members (excludes halogenated alkanes) is 3. The van der Waals surface area contributed by atoms with Crippen molar-refractivity contribution in [2.45, 2.75) is 72.6 Å². The Labute approximate surface area is 199 Å². The number of benzene rings is 3. The minimum Gasteiger partial charge on any atom is -0.453 e. The van der Waals surface area contributed by atoms with Crippen molar-refractivity contribution in [3.8, 4) is 11.5 Å². The van der Waals surface area contributed by atoms with Gasteiger partial charge in [-0.25, -0.2) is 0 Å². The van der Waals surface area contributed by atoms with Gasteiger partial charge < -0.3 is 9.64 Å². The molecule has 0 spiro atoms. The average Bonchev–Trinajstić information content (AvgIpc) is 2.81. The summed E-state index contributed by atoms with van der Waals surface area (Å²) >= 11 is 0. The summed E-state index contributed by atoms with van der Waals surface area (Å²) in [5, 5.41) is 0. The van der Waals surface area contributed by atoms with Crippen LogP contribution in [0.3, 0.4) is 0 Å². The molecule has 0 fully saturated rings. The highest BCUT2D eigenvalue weighted by Crippen LogP contribution is 2.50. The fraction of sp³-hybridized carbons (Fsp3) is 0.355. The molecule has 4 rings (SSSR count). The van der Waals surface area contributed by atoms with Crippen molar-refractivity contribution >= 4 is 23.1 Å². The smallest absolute Gasteiger partial charge is 0.152 e. The zero-order valence-corrected chi connectivity index (χ0v) is 20.7. The number of allylic oxidation sites excluding steroid dienone is 1. The van der Waals surface area contributed by atoms with Crippen LogP contribution in [0.5, 0.6) is 11.5 Å². The quantitative estimate of drug-likeness (QED) is 0.241. The standard InChI is InChI=1S/C31H37NO/c1-5-7-9-10-23(3)20-26-15-19-29-31(22-26)33-30-21-24(4)12-18-28(30)32(29)27-16-13-25(14-17-27)11-8-6-2/h12-22H,5-11H2,1-4H3. The Kier molecular flexibility index (Phi) is 7.54. The zero-order valence-electron chi connectivity index (χ0n) is 20.7. The lowest BCUT2D eigenvalue weighted by Gasteiger charge is -2.33. The van der Waals surface area contributed by atoms with E-state index in [-0.39, 0.29) is 0 Å². The summed E-state index contributed by atoms with van der Waals surface area (Å²) in [6.07, 6.45) is 10.9. The Bertz CT molecular complexity index is 1110. The summed E-state index contributed by atoms with van der Waals surface area (Å²) in [5.74, 6) is 1.83. The van der Waals surface area contributed by atoms with Gasteiger partial charge in [0.05, 0.1) is 11.4 Å². The van der Waals surface area contributed by atoms with Gasteiger partial charge in [-0.2, -0.15) is 0 Å². The van der Waals surface area contributed by atoms with E-state index in [4.69, 9.17) is 4.74 Å². The maximum Gasteiger partial charge on any atom is 0.152 e. The van der Waals surface area contributed by atoms with E-state index < -0.39 is 0 Å². The molecule has 2 nitrogen and oxygen atoms in total. The molecule has 0 atom stereocenters. The van der Waals surface area contributed by atoms with Crippen molar-refractivity contribution in [2.24, 2.45) is 0 Å². The fourth-order valence-corrected chi connectivity index (χ4v) is 4.50. The molecule has 172 valence electrons. The lowest BCUT2D eigenvalue weighted by molar-refractivity contribution is 0.476. The van der Waals surface area contributed by atoms with Gasteiger partial charge in [-0.1, -0.05) is 69.0 Å². The van der Waals surface area contributed by atoms with Gasteiger partial charge in [-0.3, -0.25) is 0 Å². The van der Waals surface area contributed by atoms with E-state index >= 15 is 0 Å². The number of nitrogens with zero attached hydrogens (tertiary/aromatic N) is 1. The van der Waals surface area contributed by atoms with Crippen molar-refractivity contribution in [3.05, 3.63) is 82.9 Å². The summed E-state index contributed by atoms with van der Waals surface area (Å²) in [4.78, 5) is 2.33. The molecule has 0 amide bonds. The monoisotopic (exact) mass is 439 g/mol. The molecule has 33 heavy (non-hydrogen) atoms. The first kappa shape index (κ1) is 23.2. The first-order valence-corrected chi connectivity index (χ1v) is 12.6. The Morgan fingerprint density at radius 2 is 1.52 bits per heavy atom. The van der Waals surface area contributed by atoms with Crippen molar-refractivity contribution in [2.75, 3.05) is 4.90 Å². The first-order chi connectivity index (χ1) is 16.1. The molecule has 0 radical (unpaired) electrons. The lowest BCUT2D eigenvalue weighted by Crippen LogP contribution is -2.16. The van der Waals surface area contributed by atoms with Crippen LogP contribution in [0.2, 0.25) is 0 Å². The summed E-state index contributed by atoms with van der Waals surface area (Å²) in [6, 6.07) is 22.1. The number of ether oxygens (including phenoxy) is 1. The fourth-order valence-electron chi connectivity index (χ4n) is 4.50. The van der Waals surface area contributed by atoms with Crippen LogP contribution in [0.15, 0.2) is 66.2 Å². The molecule has 0 unspecified atom stereocenters. The summed E-state index contributed by atoms with van der Waals surface area (Å²) in [5.41, 5.74) is 8.58. The second-order valence-corrected chi connectivity index (χ2v) is 9.35. The predicted molar refractivity (Wildman–Crippen MR) is 142 cm³/mol. The summed E-state index contributed by atoms with van der Waals surface area (Å²) in [6.45, 7) is 8.85. The minimum atomic E-state index is 0.915. The van der Waals surface area contributed by atoms with Gasteiger partial charge in [-0.05, 0) is 92.6 Å². The highest BCUT2D eigenvalue weighted by molar-refractivity contribution is 5.87. The molecule has 3 aromatic carbocycles. The van der Waals surface area contributed by atoms with Crippen molar-refractivity contribution in [3.63, 3.8) is 0 Å². The van der Waals surface area contributed by atoms with E-state index in [0.29, 0.717) is 0 Å². The van der Waals surface area contributed by atoms with Crippen LogP contribution in [-0.4, -0.2) is 0 Å². The van der Waals surface area contributed by atoms with Gasteiger partial charge in [0.25, 0.3) is 0 Å². The molecular weight excluding hydrogens is 402 g/mol. The van der Waals surface area contributed by atoms with Crippen LogP contribution in [-0.2, 0) is 6.42 Å². The van der Waals surface area contributed by atoms with E-state index in [9.17, 15) is 0 Å². The van der Waals surface area contributed by atoms with Crippen molar-refractivity contribution in [1.29, 1.82) is 0 Å². The topological polar surface area (TPSA) is 12.5 Å². The normalized spacial score (nSPS) is 12.8. The molecule has 3 aromatic rings. The largest absolute Gasteiger partial charge is 0.453 e. The SMILES string of the molecule is CCCCCC(C)=Cc1ccc2c(c1)Oc1cc(C)ccc1N2c1ccc(CCCC)cc1. The highest BCUT2D eigenvalue weighted by atomic mass is 16.5. The third-order valence-corrected chi connectivity index (χ3v) is 6.40. The second-order valence-electron chi connectivity index (χ2n) is 9.35. The molecule has 0 aromatic heterocycles. The van der Waals surface area contributed by atoms with Crippen LogP contribution >= 0.6 is 0 Å². The van der Waals surface area contributed by atoms with Crippen LogP contribution in [0.25, 0.3) is 6.08 Å².